The number of hydrazine groups is 1. The fraction of sp³-hybridized carbons (Fsp3) is 0.455. The van der Waals surface area contributed by atoms with Gasteiger partial charge in [-0.3, -0.25) is 15.2 Å². The maximum atomic E-state index is 11.7. The number of nitrogens with zero attached hydrogens (tertiary/aromatic N) is 1. The molecule has 2 rings (SSSR count). The van der Waals surface area contributed by atoms with E-state index >= 15 is 0 Å². The lowest BCUT2D eigenvalue weighted by molar-refractivity contribution is -0.0375. The van der Waals surface area contributed by atoms with Gasteiger partial charge < -0.3 is 20.1 Å². The van der Waals surface area contributed by atoms with Gasteiger partial charge in [0, 0.05) is 12.4 Å². The maximum absolute atomic E-state index is 11.7. The first-order chi connectivity index (χ1) is 9.13. The first kappa shape index (κ1) is 13.8. The molecule has 1 saturated heterocycles. The summed E-state index contributed by atoms with van der Waals surface area (Å²) in [6, 6.07) is 3.18. The molecule has 1 aromatic heterocycles. The Morgan fingerprint density at radius 1 is 1.42 bits per heavy atom. The van der Waals surface area contributed by atoms with Gasteiger partial charge in [-0.2, -0.15) is 0 Å². The zero-order chi connectivity index (χ0) is 13.8. The number of hydrogen-bond acceptors (Lipinski definition) is 7. The number of hydrogen-bond donors (Lipinski definition) is 5. The Balaban J connectivity index is 1.88. The lowest BCUT2D eigenvalue weighted by Crippen LogP contribution is -2.49. The number of rotatable bonds is 4. The van der Waals surface area contributed by atoms with Crippen molar-refractivity contribution in [2.75, 3.05) is 6.61 Å². The van der Waals surface area contributed by atoms with Crippen molar-refractivity contribution in [2.24, 2.45) is 0 Å². The average molecular weight is 269 g/mol. The lowest BCUT2D eigenvalue weighted by atomic mass is 10.1. The number of pyridine rings is 1. The number of aliphatic hydroxyl groups is 3. The summed E-state index contributed by atoms with van der Waals surface area (Å²) in [7, 11) is 0. The number of aliphatic hydroxyl groups excluding tert-OH is 3. The van der Waals surface area contributed by atoms with Gasteiger partial charge in [-0.05, 0) is 12.1 Å². The predicted molar refractivity (Wildman–Crippen MR) is 62.6 cm³/mol. The molecule has 5 N–H and O–H groups in total. The second-order valence-electron chi connectivity index (χ2n) is 4.10. The second-order valence-corrected chi connectivity index (χ2v) is 4.10. The smallest absolute Gasteiger partial charge is 0.267 e. The van der Waals surface area contributed by atoms with Crippen molar-refractivity contribution in [3.63, 3.8) is 0 Å². The highest BCUT2D eigenvalue weighted by Crippen LogP contribution is 2.18. The molecule has 8 nitrogen and oxygen atoms in total. The summed E-state index contributed by atoms with van der Waals surface area (Å²) in [5.74, 6) is -0.453. The molecule has 4 atom stereocenters. The predicted octanol–water partition coefficient (Wildman–Crippen LogP) is -2.24. The van der Waals surface area contributed by atoms with Crippen LogP contribution in [0.15, 0.2) is 24.5 Å². The van der Waals surface area contributed by atoms with Crippen molar-refractivity contribution < 1.29 is 24.9 Å². The molecule has 1 fully saturated rings. The van der Waals surface area contributed by atoms with E-state index in [1.165, 1.54) is 12.4 Å². The van der Waals surface area contributed by atoms with Crippen LogP contribution >= 0.6 is 0 Å². The van der Waals surface area contributed by atoms with E-state index in [4.69, 9.17) is 9.84 Å². The number of ether oxygens (including phenoxy) is 1. The first-order valence-electron chi connectivity index (χ1n) is 5.72. The highest BCUT2D eigenvalue weighted by Gasteiger charge is 2.42. The van der Waals surface area contributed by atoms with Crippen LogP contribution in [-0.4, -0.2) is 57.4 Å². The molecule has 0 radical (unpaired) electrons. The molecule has 0 unspecified atom stereocenters. The number of carbonyl (C=O) groups excluding carboxylic acids is 1. The molecule has 8 heteroatoms. The quantitative estimate of drug-likeness (QED) is 0.391. The van der Waals surface area contributed by atoms with Gasteiger partial charge in [0.2, 0.25) is 0 Å². The fourth-order valence-electron chi connectivity index (χ4n) is 1.72. The van der Waals surface area contributed by atoms with Gasteiger partial charge in [0.15, 0.2) is 6.23 Å². The Bertz CT molecular complexity index is 430. The molecule has 0 aliphatic carbocycles. The topological polar surface area (TPSA) is 124 Å². The molecule has 0 bridgehead atoms. The Kier molecular flexibility index (Phi) is 4.40. The van der Waals surface area contributed by atoms with E-state index < -0.39 is 37.1 Å². The molecule has 0 saturated carbocycles. The van der Waals surface area contributed by atoms with E-state index in [0.29, 0.717) is 5.56 Å². The molecule has 0 aromatic carbocycles. The molecule has 1 aliphatic heterocycles. The SMILES string of the molecule is O=C(NN[C@@H]1O[C@@H](CO)[C@@H](O)[C@H]1O)c1cccnc1. The van der Waals surface area contributed by atoms with Crippen LogP contribution in [0.1, 0.15) is 10.4 Å². The van der Waals surface area contributed by atoms with Gasteiger partial charge in [0.05, 0.1) is 12.2 Å². The van der Waals surface area contributed by atoms with Crippen molar-refractivity contribution >= 4 is 5.91 Å². The van der Waals surface area contributed by atoms with Gasteiger partial charge in [0.1, 0.15) is 18.3 Å². The highest BCUT2D eigenvalue weighted by atomic mass is 16.6. The largest absolute Gasteiger partial charge is 0.394 e. The van der Waals surface area contributed by atoms with Crippen LogP contribution in [0.5, 0.6) is 0 Å². The van der Waals surface area contributed by atoms with E-state index in [1.54, 1.807) is 12.1 Å². The van der Waals surface area contributed by atoms with E-state index in [0.717, 1.165) is 0 Å². The Morgan fingerprint density at radius 2 is 2.21 bits per heavy atom. The third-order valence-corrected chi connectivity index (χ3v) is 2.79. The summed E-state index contributed by atoms with van der Waals surface area (Å²) in [5.41, 5.74) is 5.12. The van der Waals surface area contributed by atoms with E-state index in [1.807, 2.05) is 0 Å². The summed E-state index contributed by atoms with van der Waals surface area (Å²) >= 11 is 0. The van der Waals surface area contributed by atoms with Gasteiger partial charge in [-0.15, -0.1) is 0 Å². The van der Waals surface area contributed by atoms with Gasteiger partial charge in [-0.1, -0.05) is 0 Å². The molecule has 1 aliphatic rings. The van der Waals surface area contributed by atoms with Crippen LogP contribution in [0, 0.1) is 0 Å². The van der Waals surface area contributed by atoms with E-state index in [9.17, 15) is 15.0 Å². The Hall–Kier alpha value is -1.58. The number of aromatic nitrogens is 1. The first-order valence-corrected chi connectivity index (χ1v) is 5.72. The highest BCUT2D eigenvalue weighted by molar-refractivity contribution is 5.93. The zero-order valence-electron chi connectivity index (χ0n) is 9.93. The van der Waals surface area contributed by atoms with Gasteiger partial charge >= 0.3 is 0 Å². The Labute approximate surface area is 109 Å². The van der Waals surface area contributed by atoms with Crippen LogP contribution in [0.2, 0.25) is 0 Å². The molecule has 1 aromatic rings. The summed E-state index contributed by atoms with van der Waals surface area (Å²) in [4.78, 5) is 15.5. The molecule has 104 valence electrons. The molecule has 0 spiro atoms. The molecule has 19 heavy (non-hydrogen) atoms. The van der Waals surface area contributed by atoms with Crippen LogP contribution in [0.4, 0.5) is 0 Å². The standard InChI is InChI=1S/C11H15N3O5/c15-5-7-8(16)9(17)11(19-7)14-13-10(18)6-2-1-3-12-4-6/h1-4,7-9,11,14-17H,5H2,(H,13,18)/t7-,8+,9+,11+/m0/s1. The lowest BCUT2D eigenvalue weighted by Gasteiger charge is -2.16. The van der Waals surface area contributed by atoms with Crippen LogP contribution in [0.25, 0.3) is 0 Å². The third kappa shape index (κ3) is 3.06. The van der Waals surface area contributed by atoms with Crippen LogP contribution in [0.3, 0.4) is 0 Å². The summed E-state index contributed by atoms with van der Waals surface area (Å²) in [6.45, 7) is -0.424. The molecule has 1 amide bonds. The minimum atomic E-state index is -1.24. The Morgan fingerprint density at radius 3 is 2.79 bits per heavy atom. The zero-order valence-corrected chi connectivity index (χ0v) is 9.93. The normalized spacial score (nSPS) is 30.3. The average Bonchev–Trinajstić information content (AvgIpc) is 2.73. The molecular formula is C11H15N3O5. The minimum Gasteiger partial charge on any atom is -0.394 e. The van der Waals surface area contributed by atoms with Crippen LogP contribution < -0.4 is 10.9 Å². The second kappa shape index (κ2) is 6.04. The number of carbonyl (C=O) groups is 1. The van der Waals surface area contributed by atoms with E-state index in [-0.39, 0.29) is 0 Å². The summed E-state index contributed by atoms with van der Waals surface area (Å²) in [6.07, 6.45) is -1.41. The summed E-state index contributed by atoms with van der Waals surface area (Å²) < 4.78 is 5.13. The van der Waals surface area contributed by atoms with E-state index in [2.05, 4.69) is 15.8 Å². The van der Waals surface area contributed by atoms with Crippen molar-refractivity contribution in [3.8, 4) is 0 Å². The van der Waals surface area contributed by atoms with Crippen molar-refractivity contribution in [1.82, 2.24) is 15.8 Å². The van der Waals surface area contributed by atoms with Gasteiger partial charge in [0.25, 0.3) is 5.91 Å². The monoisotopic (exact) mass is 269 g/mol. The maximum Gasteiger partial charge on any atom is 0.267 e. The van der Waals surface area contributed by atoms with Crippen molar-refractivity contribution in [3.05, 3.63) is 30.1 Å². The minimum absolute atomic E-state index is 0.335. The van der Waals surface area contributed by atoms with Crippen LogP contribution in [-0.2, 0) is 4.74 Å². The van der Waals surface area contributed by atoms with Gasteiger partial charge in [-0.25, -0.2) is 5.43 Å². The molecular weight excluding hydrogens is 254 g/mol. The number of nitrogens with one attached hydrogen (secondary N) is 2. The van der Waals surface area contributed by atoms with Crippen molar-refractivity contribution in [2.45, 2.75) is 24.5 Å². The molecule has 2 heterocycles. The summed E-state index contributed by atoms with van der Waals surface area (Å²) in [5, 5.41) is 28.1. The number of amides is 1. The third-order valence-electron chi connectivity index (χ3n) is 2.79. The fourth-order valence-corrected chi connectivity index (χ4v) is 1.72. The van der Waals surface area contributed by atoms with Crippen molar-refractivity contribution in [1.29, 1.82) is 0 Å².